The zero-order valence-corrected chi connectivity index (χ0v) is 13.4. The third-order valence-electron chi connectivity index (χ3n) is 3.97. The average Bonchev–Trinajstić information content (AvgIpc) is 2.86. The molecule has 1 aromatic heterocycles. The van der Waals surface area contributed by atoms with E-state index in [9.17, 15) is 0 Å². The molecule has 21 heavy (non-hydrogen) atoms. The summed E-state index contributed by atoms with van der Waals surface area (Å²) in [5, 5.41) is 11.7. The van der Waals surface area contributed by atoms with Gasteiger partial charge in [0.2, 0.25) is 0 Å². The molecule has 110 valence electrons. The maximum atomic E-state index is 4.33. The van der Waals surface area contributed by atoms with E-state index in [0.717, 1.165) is 10.8 Å². The lowest BCUT2D eigenvalue weighted by Gasteiger charge is -2.28. The lowest BCUT2D eigenvalue weighted by atomic mass is 10.1. The van der Waals surface area contributed by atoms with Crippen LogP contribution in [0.4, 0.5) is 16.5 Å². The van der Waals surface area contributed by atoms with Gasteiger partial charge in [-0.3, -0.25) is 0 Å². The molecule has 1 aliphatic rings. The van der Waals surface area contributed by atoms with Gasteiger partial charge in [-0.25, -0.2) is 4.57 Å². The predicted molar refractivity (Wildman–Crippen MR) is 86.9 cm³/mol. The molecular formula is C16H21N4S+. The molecule has 1 saturated heterocycles. The fourth-order valence-electron chi connectivity index (χ4n) is 2.52. The monoisotopic (exact) mass is 301 g/mol. The number of azo groups is 1. The third kappa shape index (κ3) is 3.29. The minimum atomic E-state index is 0.904. The van der Waals surface area contributed by atoms with Crippen LogP contribution in [-0.4, -0.2) is 13.1 Å². The second kappa shape index (κ2) is 6.35. The van der Waals surface area contributed by atoms with Crippen molar-refractivity contribution >= 4 is 27.8 Å². The van der Waals surface area contributed by atoms with Gasteiger partial charge in [-0.05, 0) is 66.9 Å². The predicted octanol–water partition coefficient (Wildman–Crippen LogP) is 4.29. The van der Waals surface area contributed by atoms with Crippen LogP contribution in [0, 0.1) is 6.92 Å². The van der Waals surface area contributed by atoms with E-state index >= 15 is 0 Å². The smallest absolute Gasteiger partial charge is 0.372 e. The molecule has 0 bridgehead atoms. The van der Waals surface area contributed by atoms with Crippen LogP contribution in [0.25, 0.3) is 0 Å². The lowest BCUT2D eigenvalue weighted by molar-refractivity contribution is -0.660. The number of aromatic nitrogens is 1. The second-order valence-electron chi connectivity index (χ2n) is 5.48. The third-order valence-corrected chi connectivity index (χ3v) is 5.00. The number of piperidine rings is 1. The van der Waals surface area contributed by atoms with Crippen LogP contribution in [0.5, 0.6) is 0 Å². The Morgan fingerprint density at radius 2 is 1.76 bits per heavy atom. The minimum absolute atomic E-state index is 0.904. The zero-order valence-electron chi connectivity index (χ0n) is 12.6. The van der Waals surface area contributed by atoms with Gasteiger partial charge in [-0.2, -0.15) is 0 Å². The van der Waals surface area contributed by atoms with Crippen molar-refractivity contribution in [3.63, 3.8) is 0 Å². The van der Waals surface area contributed by atoms with Crippen molar-refractivity contribution in [3.8, 4) is 0 Å². The first-order valence-corrected chi connectivity index (χ1v) is 8.33. The fourth-order valence-corrected chi connectivity index (χ4v) is 3.34. The summed E-state index contributed by atoms with van der Waals surface area (Å²) >= 11 is 1.62. The van der Waals surface area contributed by atoms with E-state index in [-0.39, 0.29) is 0 Å². The first-order chi connectivity index (χ1) is 10.2. The van der Waals surface area contributed by atoms with Crippen LogP contribution in [0.2, 0.25) is 0 Å². The normalized spacial score (nSPS) is 15.8. The van der Waals surface area contributed by atoms with Gasteiger partial charge in [0.1, 0.15) is 11.4 Å². The van der Waals surface area contributed by atoms with Crippen LogP contribution in [0.3, 0.4) is 0 Å². The van der Waals surface area contributed by atoms with Crippen LogP contribution in [0.15, 0.2) is 39.9 Å². The highest BCUT2D eigenvalue weighted by Gasteiger charge is 2.12. The largest absolute Gasteiger partial charge is 0.408 e. The maximum Gasteiger partial charge on any atom is 0.408 e. The van der Waals surface area contributed by atoms with E-state index < -0.39 is 0 Å². The summed E-state index contributed by atoms with van der Waals surface area (Å²) in [6.07, 6.45) is 3.96. The molecule has 0 aliphatic carbocycles. The summed E-state index contributed by atoms with van der Waals surface area (Å²) < 4.78 is 2.05. The van der Waals surface area contributed by atoms with Crippen LogP contribution in [-0.2, 0) is 7.05 Å². The Balaban J connectivity index is 1.70. The van der Waals surface area contributed by atoms with Gasteiger partial charge in [0.05, 0.1) is 12.2 Å². The SMILES string of the molecule is Cc1csc(/N=N/c2ccc(N3CCCCC3)cc2)[n+]1C. The number of nitrogens with zero attached hydrogens (tertiary/aromatic N) is 4. The lowest BCUT2D eigenvalue weighted by Crippen LogP contribution is -2.29. The molecule has 0 saturated carbocycles. The highest BCUT2D eigenvalue weighted by atomic mass is 32.1. The van der Waals surface area contributed by atoms with Crippen LogP contribution < -0.4 is 9.47 Å². The van der Waals surface area contributed by atoms with E-state index in [1.54, 1.807) is 11.3 Å². The first-order valence-electron chi connectivity index (χ1n) is 7.45. The molecule has 3 rings (SSSR count). The molecule has 0 atom stereocenters. The van der Waals surface area contributed by atoms with Gasteiger partial charge < -0.3 is 4.90 Å². The Bertz CT molecular complexity index is 624. The summed E-state index contributed by atoms with van der Waals surface area (Å²) in [6.45, 7) is 4.42. The molecule has 0 unspecified atom stereocenters. The Morgan fingerprint density at radius 1 is 1.05 bits per heavy atom. The van der Waals surface area contributed by atoms with E-state index in [2.05, 4.69) is 44.1 Å². The first kappa shape index (κ1) is 14.2. The van der Waals surface area contributed by atoms with Gasteiger partial charge in [-0.1, -0.05) is 0 Å². The summed E-state index contributed by atoms with van der Waals surface area (Å²) in [6, 6.07) is 8.40. The molecule has 0 spiro atoms. The molecule has 1 aromatic carbocycles. The van der Waals surface area contributed by atoms with Crippen molar-refractivity contribution < 1.29 is 4.57 Å². The van der Waals surface area contributed by atoms with Gasteiger partial charge in [0, 0.05) is 24.2 Å². The van der Waals surface area contributed by atoms with E-state index in [1.165, 1.54) is 43.7 Å². The molecule has 0 N–H and O–H groups in total. The minimum Gasteiger partial charge on any atom is -0.372 e. The van der Waals surface area contributed by atoms with Gasteiger partial charge >= 0.3 is 5.13 Å². The van der Waals surface area contributed by atoms with E-state index in [0.29, 0.717) is 0 Å². The van der Waals surface area contributed by atoms with E-state index in [4.69, 9.17) is 0 Å². The second-order valence-corrected chi connectivity index (χ2v) is 6.32. The highest BCUT2D eigenvalue weighted by Crippen LogP contribution is 2.24. The number of rotatable bonds is 3. The van der Waals surface area contributed by atoms with Crippen LogP contribution in [0.1, 0.15) is 25.0 Å². The molecular weight excluding hydrogens is 280 g/mol. The van der Waals surface area contributed by atoms with Crippen molar-refractivity contribution in [2.45, 2.75) is 26.2 Å². The van der Waals surface area contributed by atoms with Crippen molar-refractivity contribution in [1.82, 2.24) is 0 Å². The van der Waals surface area contributed by atoms with Gasteiger partial charge in [0.25, 0.3) is 0 Å². The molecule has 4 nitrogen and oxygen atoms in total. The van der Waals surface area contributed by atoms with Crippen molar-refractivity contribution in [2.24, 2.45) is 17.3 Å². The number of benzene rings is 1. The zero-order chi connectivity index (χ0) is 14.7. The van der Waals surface area contributed by atoms with Gasteiger partial charge in [-0.15, -0.1) is 0 Å². The maximum absolute atomic E-state index is 4.33. The number of anilines is 1. The Morgan fingerprint density at radius 3 is 2.38 bits per heavy atom. The highest BCUT2D eigenvalue weighted by molar-refractivity contribution is 7.12. The standard InChI is InChI=1S/C16H21N4S/c1-13-12-21-16(19(13)2)18-17-14-6-8-15(9-7-14)20-10-4-3-5-11-20/h6-9,12H,3-5,10-11H2,1-2H3/q+1. The number of hydrogen-bond donors (Lipinski definition) is 0. The number of thiazole rings is 1. The Labute approximate surface area is 129 Å². The summed E-state index contributed by atoms with van der Waals surface area (Å²) in [5.74, 6) is 0. The van der Waals surface area contributed by atoms with Crippen LogP contribution >= 0.6 is 11.3 Å². The van der Waals surface area contributed by atoms with Crippen molar-refractivity contribution in [2.75, 3.05) is 18.0 Å². The molecule has 5 heteroatoms. The summed E-state index contributed by atoms with van der Waals surface area (Å²) in [7, 11) is 2.01. The Kier molecular flexibility index (Phi) is 4.29. The molecule has 0 radical (unpaired) electrons. The Hall–Kier alpha value is -1.75. The van der Waals surface area contributed by atoms with Crippen molar-refractivity contribution in [1.29, 1.82) is 0 Å². The number of aryl methyl sites for hydroxylation is 1. The van der Waals surface area contributed by atoms with Crippen molar-refractivity contribution in [3.05, 3.63) is 35.3 Å². The molecule has 1 aliphatic heterocycles. The molecule has 0 amide bonds. The fraction of sp³-hybridized carbons (Fsp3) is 0.438. The molecule has 2 aromatic rings. The number of hydrogen-bond acceptors (Lipinski definition) is 4. The average molecular weight is 301 g/mol. The molecule has 2 heterocycles. The molecule has 1 fully saturated rings. The topological polar surface area (TPSA) is 31.8 Å². The summed E-state index contributed by atoms with van der Waals surface area (Å²) in [4.78, 5) is 2.45. The quantitative estimate of drug-likeness (QED) is 0.615. The van der Waals surface area contributed by atoms with Gasteiger partial charge in [0.15, 0.2) is 0 Å². The van der Waals surface area contributed by atoms with E-state index in [1.807, 2.05) is 19.2 Å². The summed E-state index contributed by atoms with van der Waals surface area (Å²) in [5.41, 5.74) is 3.40.